The van der Waals surface area contributed by atoms with Crippen LogP contribution in [0.25, 0.3) is 5.52 Å². The van der Waals surface area contributed by atoms with Crippen LogP contribution in [-0.2, 0) is 43.9 Å². The molecule has 1 spiro atoms. The molecule has 2 unspecified atom stereocenters. The van der Waals surface area contributed by atoms with Crippen molar-refractivity contribution in [3.63, 3.8) is 0 Å². The Bertz CT molecular complexity index is 2380. The Labute approximate surface area is 385 Å². The average Bonchev–Trinajstić information content (AvgIpc) is 3.63. The predicted octanol–water partition coefficient (Wildman–Crippen LogP) is 10.5. The fraction of sp³-hybridized carbons (Fsp3) is 0.574. The molecule has 7 rings (SSSR count). The van der Waals surface area contributed by atoms with E-state index in [0.717, 1.165) is 25.3 Å². The second-order valence-electron chi connectivity index (χ2n) is 17.4. The first kappa shape index (κ1) is 48.7. The molecule has 1 aliphatic carbocycles. The summed E-state index contributed by atoms with van der Waals surface area (Å²) in [7, 11) is -4.77. The van der Waals surface area contributed by atoms with Crippen LogP contribution >= 0.6 is 19.4 Å². The number of hydrogen-bond acceptors (Lipinski definition) is 14. The Balaban J connectivity index is 1.03. The summed E-state index contributed by atoms with van der Waals surface area (Å²) in [5.74, 6) is -1.58. The van der Waals surface area contributed by atoms with E-state index in [2.05, 4.69) is 23.1 Å². The van der Waals surface area contributed by atoms with E-state index in [4.69, 9.17) is 54.6 Å². The standard InChI is InChI=1S/C47H59ClFN6O9P/c1-4-5-6-7-8-9-10-11-12-13-14-15-18-23-57-29-36(58-28-34-24-33(27-50)25-35(49)26-34)30-59-65(56,62-40-20-17-16-19-37(40)48)63-44-46(31-51)47(44)42(61-45(2,3)64-47)41(60-46)38-21-22-39-43(52)53-32-54-55(38)39/h16-17,19-22,24-26,32,36,41-42,44H,4-15,18,23,28-30H2,1-3H3,(H2,52,53,54)/t36-,41+,42+,44?,46-,47-,65?/m1/s1. The summed E-state index contributed by atoms with van der Waals surface area (Å²) in [4.78, 5) is 4.07. The lowest BCUT2D eigenvalue weighted by atomic mass is 10.0. The lowest BCUT2D eigenvalue weighted by Gasteiger charge is -2.26. The number of para-hydroxylation sites is 1. The van der Waals surface area contributed by atoms with Crippen molar-refractivity contribution in [2.75, 3.05) is 25.6 Å². The second-order valence-corrected chi connectivity index (χ2v) is 19.3. The molecule has 2 aromatic carbocycles. The van der Waals surface area contributed by atoms with Gasteiger partial charge in [-0.05, 0) is 68.3 Å². The summed E-state index contributed by atoms with van der Waals surface area (Å²) in [5.41, 5.74) is 4.26. The average molecular weight is 937 g/mol. The third-order valence-corrected chi connectivity index (χ3v) is 13.7. The second kappa shape index (κ2) is 21.6. The van der Waals surface area contributed by atoms with Gasteiger partial charge in [-0.1, -0.05) is 108 Å². The van der Waals surface area contributed by atoms with Gasteiger partial charge in [0.05, 0.1) is 42.2 Å². The molecular weight excluding hydrogens is 878 g/mol. The molecule has 0 bridgehead atoms. The van der Waals surface area contributed by atoms with Crippen LogP contribution in [0.4, 0.5) is 10.2 Å². The summed E-state index contributed by atoms with van der Waals surface area (Å²) in [5, 5.41) is 24.8. The lowest BCUT2D eigenvalue weighted by Crippen LogP contribution is -2.33. The topological polar surface area (TPSA) is 195 Å². The number of unbranched alkanes of at least 4 members (excludes halogenated alkanes) is 12. The summed E-state index contributed by atoms with van der Waals surface area (Å²) in [6.07, 6.45) is 13.1. The van der Waals surface area contributed by atoms with Crippen LogP contribution in [0.15, 0.2) is 60.9 Å². The summed E-state index contributed by atoms with van der Waals surface area (Å²) >= 11 is 6.49. The number of aromatic nitrogens is 3. The van der Waals surface area contributed by atoms with E-state index >= 15 is 4.57 Å². The molecule has 2 N–H and O–H groups in total. The Morgan fingerprint density at radius 2 is 1.66 bits per heavy atom. The van der Waals surface area contributed by atoms with Gasteiger partial charge in [0.2, 0.25) is 5.60 Å². The monoisotopic (exact) mass is 936 g/mol. The van der Waals surface area contributed by atoms with Crippen LogP contribution in [0.3, 0.4) is 0 Å². The van der Waals surface area contributed by atoms with Crippen molar-refractivity contribution >= 4 is 30.8 Å². The van der Waals surface area contributed by atoms with Crippen LogP contribution in [0.2, 0.25) is 5.02 Å². The number of nitrogens with two attached hydrogens (primary N) is 1. The molecule has 350 valence electrons. The number of anilines is 1. The van der Waals surface area contributed by atoms with Gasteiger partial charge in [0.1, 0.15) is 47.8 Å². The Morgan fingerprint density at radius 3 is 2.35 bits per heavy atom. The van der Waals surface area contributed by atoms with E-state index in [0.29, 0.717) is 23.4 Å². The number of hydrogen-bond donors (Lipinski definition) is 1. The van der Waals surface area contributed by atoms with Gasteiger partial charge < -0.3 is 33.9 Å². The van der Waals surface area contributed by atoms with Crippen molar-refractivity contribution < 1.29 is 46.2 Å². The predicted molar refractivity (Wildman–Crippen MR) is 239 cm³/mol. The number of rotatable bonds is 27. The van der Waals surface area contributed by atoms with Crippen molar-refractivity contribution in [3.05, 3.63) is 88.6 Å². The maximum absolute atomic E-state index is 15.1. The van der Waals surface area contributed by atoms with Gasteiger partial charge in [0, 0.05) is 6.61 Å². The SMILES string of the molecule is CCCCCCCCCCCCCCCOC[C@H](COP(=O)(Oc1ccccc1Cl)OC1[C@@]2(C#N)O[C@@H](c3ccc4c(N)ncnn34)[C@@H]3OC(C)(C)O[C@@]132)OCc1cc(F)cc(C#N)c1. The molecule has 2 aliphatic heterocycles. The van der Waals surface area contributed by atoms with E-state index in [1.54, 1.807) is 48.7 Å². The number of nitrogen functional groups attached to an aromatic ring is 1. The van der Waals surface area contributed by atoms with E-state index in [9.17, 15) is 14.9 Å². The smallest absolute Gasteiger partial charge is 0.402 e. The molecule has 18 heteroatoms. The van der Waals surface area contributed by atoms with Gasteiger partial charge in [-0.25, -0.2) is 18.5 Å². The van der Waals surface area contributed by atoms with Gasteiger partial charge >= 0.3 is 7.82 Å². The van der Waals surface area contributed by atoms with Crippen LogP contribution < -0.4 is 10.3 Å². The van der Waals surface area contributed by atoms with Gasteiger partial charge in [0.15, 0.2) is 23.3 Å². The molecule has 65 heavy (non-hydrogen) atoms. The first-order chi connectivity index (χ1) is 31.4. The molecule has 2 saturated heterocycles. The minimum absolute atomic E-state index is 0.0112. The van der Waals surface area contributed by atoms with E-state index in [1.807, 2.05) is 6.07 Å². The zero-order valence-corrected chi connectivity index (χ0v) is 38.9. The van der Waals surface area contributed by atoms with Crippen molar-refractivity contribution in [2.24, 2.45) is 0 Å². The zero-order valence-electron chi connectivity index (χ0n) is 37.3. The lowest BCUT2D eigenvalue weighted by molar-refractivity contribution is -0.182. The zero-order chi connectivity index (χ0) is 46.1. The quantitative estimate of drug-likeness (QED) is 0.0438. The minimum atomic E-state index is -4.77. The highest BCUT2D eigenvalue weighted by molar-refractivity contribution is 7.49. The number of fused-ring (bicyclic) bond motifs is 1. The number of nitriles is 2. The number of halogens is 2. The molecular formula is C47H59ClFN6O9P. The largest absolute Gasteiger partial charge is 0.530 e. The highest BCUT2D eigenvalue weighted by atomic mass is 35.5. The van der Waals surface area contributed by atoms with Crippen LogP contribution in [0.5, 0.6) is 5.75 Å². The maximum Gasteiger partial charge on any atom is 0.530 e. The van der Waals surface area contributed by atoms with Crippen molar-refractivity contribution in [3.8, 4) is 17.9 Å². The molecule has 2 aromatic heterocycles. The number of benzene rings is 2. The molecule has 3 aliphatic rings. The molecule has 3 fully saturated rings. The van der Waals surface area contributed by atoms with Gasteiger partial charge in [-0.3, -0.25) is 9.05 Å². The van der Waals surface area contributed by atoms with Gasteiger partial charge in [0.25, 0.3) is 0 Å². The van der Waals surface area contributed by atoms with Crippen LogP contribution in [0, 0.1) is 28.5 Å². The number of phosphoric ester groups is 1. The first-order valence-electron chi connectivity index (χ1n) is 22.7. The fourth-order valence-electron chi connectivity index (χ4n) is 8.83. The number of ether oxygens (including phenoxy) is 5. The fourth-order valence-corrected chi connectivity index (χ4v) is 10.5. The normalized spacial score (nSPS) is 24.2. The highest BCUT2D eigenvalue weighted by Crippen LogP contribution is 2.74. The van der Waals surface area contributed by atoms with E-state index in [1.165, 1.54) is 88.7 Å². The maximum atomic E-state index is 15.1. The van der Waals surface area contributed by atoms with Crippen LogP contribution in [0.1, 0.15) is 127 Å². The third kappa shape index (κ3) is 11.2. The van der Waals surface area contributed by atoms with E-state index in [-0.39, 0.29) is 35.4 Å². The Kier molecular flexibility index (Phi) is 16.2. The van der Waals surface area contributed by atoms with Crippen molar-refractivity contribution in [2.45, 2.75) is 152 Å². The first-order valence-corrected chi connectivity index (χ1v) is 24.5. The van der Waals surface area contributed by atoms with Crippen molar-refractivity contribution in [1.82, 2.24) is 14.6 Å². The molecule has 15 nitrogen and oxygen atoms in total. The molecule has 4 heterocycles. The minimum Gasteiger partial charge on any atom is -0.402 e. The number of phosphoric acid groups is 1. The van der Waals surface area contributed by atoms with E-state index < -0.39 is 61.7 Å². The van der Waals surface area contributed by atoms with Crippen LogP contribution in [-0.4, -0.2) is 69.7 Å². The molecule has 4 aromatic rings. The molecule has 1 saturated carbocycles. The molecule has 0 amide bonds. The third-order valence-electron chi connectivity index (χ3n) is 12.0. The van der Waals surface area contributed by atoms with Crippen molar-refractivity contribution in [1.29, 1.82) is 10.5 Å². The Hall–Kier alpha value is -4.19. The molecule has 0 radical (unpaired) electrons. The van der Waals surface area contributed by atoms with Gasteiger partial charge in [-0.15, -0.1) is 0 Å². The summed E-state index contributed by atoms with van der Waals surface area (Å²) in [6, 6.07) is 17.9. The summed E-state index contributed by atoms with van der Waals surface area (Å²) in [6.45, 7) is 5.57. The summed E-state index contributed by atoms with van der Waals surface area (Å²) < 4.78 is 81.0. The van der Waals surface area contributed by atoms with Gasteiger partial charge in [-0.2, -0.15) is 15.6 Å². The highest BCUT2D eigenvalue weighted by Gasteiger charge is 2.95. The number of nitrogens with zero attached hydrogens (tertiary/aromatic N) is 5. The molecule has 7 atom stereocenters. The Morgan fingerprint density at radius 1 is 0.954 bits per heavy atom.